The molecule has 2 fully saturated rings. The molecule has 0 spiro atoms. The van der Waals surface area contributed by atoms with Crippen LogP contribution in [0.15, 0.2) is 42.7 Å². The highest BCUT2D eigenvalue weighted by Gasteiger charge is 2.36. The molecule has 29 heavy (non-hydrogen) atoms. The number of hydrogen-bond acceptors (Lipinski definition) is 4. The normalized spacial score (nSPS) is 24.6. The standard InChI is InChI=1S/C25H29NO3/c1-28-23-7-6-20(18-24(23)29-22-4-2-3-5-22)25(14-9-21(27)10-15-25)13-8-19-11-16-26-17-12-19/h6-7,11-12,16-18,21-22,27H,2-5,9-10,14-15H2,1H3/t21-,25-. The molecule has 0 atom stereocenters. The number of rotatable bonds is 4. The Bertz CT molecular complexity index is 870. The summed E-state index contributed by atoms with van der Waals surface area (Å²) in [6, 6.07) is 10.1. The largest absolute Gasteiger partial charge is 0.493 e. The van der Waals surface area contributed by atoms with Crippen molar-refractivity contribution in [2.45, 2.75) is 69.0 Å². The zero-order valence-corrected chi connectivity index (χ0v) is 17.1. The van der Waals surface area contributed by atoms with Gasteiger partial charge >= 0.3 is 0 Å². The number of aliphatic hydroxyl groups excluding tert-OH is 1. The van der Waals surface area contributed by atoms with Crippen molar-refractivity contribution >= 4 is 0 Å². The average molecular weight is 392 g/mol. The van der Waals surface area contributed by atoms with Crippen LogP contribution >= 0.6 is 0 Å². The first-order chi connectivity index (χ1) is 14.2. The quantitative estimate of drug-likeness (QED) is 0.772. The van der Waals surface area contributed by atoms with E-state index < -0.39 is 0 Å². The lowest BCUT2D eigenvalue weighted by Gasteiger charge is -2.35. The van der Waals surface area contributed by atoms with Crippen molar-refractivity contribution in [1.29, 1.82) is 0 Å². The summed E-state index contributed by atoms with van der Waals surface area (Å²) < 4.78 is 11.9. The molecule has 4 nitrogen and oxygen atoms in total. The van der Waals surface area contributed by atoms with Crippen molar-refractivity contribution in [3.8, 4) is 23.3 Å². The number of hydrogen-bond donors (Lipinski definition) is 1. The van der Waals surface area contributed by atoms with Gasteiger partial charge in [-0.05, 0) is 81.2 Å². The molecule has 0 radical (unpaired) electrons. The van der Waals surface area contributed by atoms with Gasteiger partial charge in [0.05, 0.1) is 24.7 Å². The van der Waals surface area contributed by atoms with E-state index in [2.05, 4.69) is 29.0 Å². The van der Waals surface area contributed by atoms with E-state index in [1.807, 2.05) is 18.2 Å². The molecule has 2 aliphatic rings. The topological polar surface area (TPSA) is 51.6 Å². The second-order valence-electron chi connectivity index (χ2n) is 8.19. The van der Waals surface area contributed by atoms with Gasteiger partial charge in [0.1, 0.15) is 0 Å². The van der Waals surface area contributed by atoms with E-state index in [0.717, 1.165) is 61.2 Å². The Morgan fingerprint density at radius 2 is 1.72 bits per heavy atom. The van der Waals surface area contributed by atoms with Crippen LogP contribution in [0.2, 0.25) is 0 Å². The molecule has 4 rings (SSSR count). The molecule has 0 unspecified atom stereocenters. The third-order valence-corrected chi connectivity index (χ3v) is 6.25. The minimum Gasteiger partial charge on any atom is -0.493 e. The zero-order chi connectivity index (χ0) is 20.1. The van der Waals surface area contributed by atoms with Crippen LogP contribution in [0.4, 0.5) is 0 Å². The van der Waals surface area contributed by atoms with Gasteiger partial charge in [-0.1, -0.05) is 17.9 Å². The third kappa shape index (κ3) is 4.57. The van der Waals surface area contributed by atoms with E-state index in [-0.39, 0.29) is 17.6 Å². The van der Waals surface area contributed by atoms with Gasteiger partial charge in [-0.3, -0.25) is 4.98 Å². The van der Waals surface area contributed by atoms with Crippen LogP contribution in [0, 0.1) is 11.8 Å². The van der Waals surface area contributed by atoms with Crippen molar-refractivity contribution in [2.75, 3.05) is 7.11 Å². The first-order valence-corrected chi connectivity index (χ1v) is 10.6. The van der Waals surface area contributed by atoms with Gasteiger partial charge in [-0.15, -0.1) is 0 Å². The van der Waals surface area contributed by atoms with Crippen molar-refractivity contribution in [3.05, 3.63) is 53.9 Å². The van der Waals surface area contributed by atoms with Crippen LogP contribution in [0.3, 0.4) is 0 Å². The summed E-state index contributed by atoms with van der Waals surface area (Å²) in [6.07, 6.45) is 11.4. The van der Waals surface area contributed by atoms with Gasteiger partial charge in [0.25, 0.3) is 0 Å². The van der Waals surface area contributed by atoms with Crippen LogP contribution in [-0.4, -0.2) is 29.4 Å². The Morgan fingerprint density at radius 1 is 1.00 bits per heavy atom. The zero-order valence-electron chi connectivity index (χ0n) is 17.1. The Morgan fingerprint density at radius 3 is 2.41 bits per heavy atom. The third-order valence-electron chi connectivity index (χ3n) is 6.25. The van der Waals surface area contributed by atoms with Crippen LogP contribution in [0.5, 0.6) is 11.5 Å². The maximum atomic E-state index is 10.1. The Hall–Kier alpha value is -2.51. The number of pyridine rings is 1. The van der Waals surface area contributed by atoms with E-state index >= 15 is 0 Å². The molecule has 1 heterocycles. The van der Waals surface area contributed by atoms with E-state index in [4.69, 9.17) is 9.47 Å². The summed E-state index contributed by atoms with van der Waals surface area (Å²) in [5.41, 5.74) is 1.82. The van der Waals surface area contributed by atoms with Crippen LogP contribution < -0.4 is 9.47 Å². The van der Waals surface area contributed by atoms with Gasteiger partial charge in [-0.25, -0.2) is 0 Å². The highest BCUT2D eigenvalue weighted by Crippen LogP contribution is 2.43. The fourth-order valence-electron chi connectivity index (χ4n) is 4.46. The Labute approximate surface area is 173 Å². The van der Waals surface area contributed by atoms with Gasteiger partial charge < -0.3 is 14.6 Å². The fraction of sp³-hybridized carbons (Fsp3) is 0.480. The van der Waals surface area contributed by atoms with Crippen molar-refractivity contribution in [2.24, 2.45) is 0 Å². The Kier molecular flexibility index (Phi) is 6.06. The molecule has 1 aromatic heterocycles. The summed E-state index contributed by atoms with van der Waals surface area (Å²) >= 11 is 0. The lowest BCUT2D eigenvalue weighted by Crippen LogP contribution is -2.32. The van der Waals surface area contributed by atoms with Crippen molar-refractivity contribution < 1.29 is 14.6 Å². The molecule has 0 bridgehead atoms. The summed E-state index contributed by atoms with van der Waals surface area (Å²) in [4.78, 5) is 4.07. The van der Waals surface area contributed by atoms with E-state index in [1.54, 1.807) is 19.5 Å². The maximum Gasteiger partial charge on any atom is 0.161 e. The highest BCUT2D eigenvalue weighted by atomic mass is 16.5. The number of aromatic nitrogens is 1. The predicted molar refractivity (Wildman–Crippen MR) is 113 cm³/mol. The van der Waals surface area contributed by atoms with E-state index in [0.29, 0.717) is 0 Å². The average Bonchev–Trinajstić information content (AvgIpc) is 3.27. The smallest absolute Gasteiger partial charge is 0.161 e. The summed E-state index contributed by atoms with van der Waals surface area (Å²) in [5, 5.41) is 10.1. The molecule has 0 amide bonds. The molecular weight excluding hydrogens is 362 g/mol. The lowest BCUT2D eigenvalue weighted by molar-refractivity contribution is 0.110. The SMILES string of the molecule is COc1ccc([C@]2(C#Cc3ccncc3)CC[C@@H](O)CC2)cc1OC1CCCC1. The fourth-order valence-corrected chi connectivity index (χ4v) is 4.46. The monoisotopic (exact) mass is 391 g/mol. The first kappa shape index (κ1) is 19.8. The van der Waals surface area contributed by atoms with Crippen LogP contribution in [0.25, 0.3) is 0 Å². The minimum absolute atomic E-state index is 0.238. The van der Waals surface area contributed by atoms with Crippen LogP contribution in [0.1, 0.15) is 62.5 Å². The summed E-state index contributed by atoms with van der Waals surface area (Å²) in [7, 11) is 1.69. The molecule has 2 saturated carbocycles. The van der Waals surface area contributed by atoms with Gasteiger partial charge in [0.2, 0.25) is 0 Å². The molecule has 1 N–H and O–H groups in total. The van der Waals surface area contributed by atoms with E-state index in [9.17, 15) is 5.11 Å². The Balaban J connectivity index is 1.69. The number of aliphatic hydroxyl groups is 1. The molecule has 0 saturated heterocycles. The highest BCUT2D eigenvalue weighted by molar-refractivity contribution is 5.49. The molecule has 0 aliphatic heterocycles. The first-order valence-electron chi connectivity index (χ1n) is 10.6. The molecular formula is C25H29NO3. The lowest BCUT2D eigenvalue weighted by atomic mass is 9.69. The number of methoxy groups -OCH3 is 1. The van der Waals surface area contributed by atoms with Gasteiger partial charge in [0, 0.05) is 18.0 Å². The van der Waals surface area contributed by atoms with Gasteiger partial charge in [0.15, 0.2) is 11.5 Å². The molecule has 2 aromatic rings. The molecule has 152 valence electrons. The second kappa shape index (κ2) is 8.88. The summed E-state index contributed by atoms with van der Waals surface area (Å²) in [5.74, 6) is 8.49. The maximum absolute atomic E-state index is 10.1. The van der Waals surface area contributed by atoms with Crippen molar-refractivity contribution in [1.82, 2.24) is 4.98 Å². The number of ether oxygens (including phenoxy) is 2. The van der Waals surface area contributed by atoms with E-state index in [1.165, 1.54) is 12.8 Å². The second-order valence-corrected chi connectivity index (χ2v) is 8.19. The van der Waals surface area contributed by atoms with Gasteiger partial charge in [-0.2, -0.15) is 0 Å². The molecule has 4 heteroatoms. The van der Waals surface area contributed by atoms with Crippen molar-refractivity contribution in [3.63, 3.8) is 0 Å². The number of benzene rings is 1. The molecule has 1 aromatic carbocycles. The molecule has 2 aliphatic carbocycles. The predicted octanol–water partition coefficient (Wildman–Crippen LogP) is 4.64. The number of nitrogens with zero attached hydrogens (tertiary/aromatic N) is 1. The van der Waals surface area contributed by atoms with Crippen LogP contribution in [-0.2, 0) is 5.41 Å². The summed E-state index contributed by atoms with van der Waals surface area (Å²) in [6.45, 7) is 0. The minimum atomic E-state index is -0.289.